The van der Waals surface area contributed by atoms with E-state index in [1.165, 1.54) is 0 Å². The van der Waals surface area contributed by atoms with E-state index < -0.39 is 0 Å². The molecule has 0 atom stereocenters. The van der Waals surface area contributed by atoms with Gasteiger partial charge in [0, 0.05) is 13.0 Å². The van der Waals surface area contributed by atoms with E-state index in [1.54, 1.807) is 0 Å². The molecule has 0 radical (unpaired) electrons. The first kappa shape index (κ1) is 23.4. The number of benzene rings is 2. The molecule has 0 aliphatic carbocycles. The molecule has 2 aromatic carbocycles. The van der Waals surface area contributed by atoms with Crippen molar-refractivity contribution in [3.05, 3.63) is 47.5 Å². The fourth-order valence-electron chi connectivity index (χ4n) is 3.00. The fraction of sp³-hybridized carbons (Fsp3) is 0.458. The molecule has 1 N–H and O–H groups in total. The summed E-state index contributed by atoms with van der Waals surface area (Å²) in [7, 11) is 0. The zero-order chi connectivity index (χ0) is 21.8. The maximum Gasteiger partial charge on any atom is 0.220 e. The zero-order valence-corrected chi connectivity index (χ0v) is 18.5. The first-order chi connectivity index (χ1) is 14.6. The Labute approximate surface area is 179 Å². The Bertz CT molecular complexity index is 741. The van der Waals surface area contributed by atoms with Crippen LogP contribution in [0, 0.1) is 0 Å². The Morgan fingerprint density at radius 1 is 0.700 bits per heavy atom. The van der Waals surface area contributed by atoms with Gasteiger partial charge in [-0.15, -0.1) is 0 Å². The maximum atomic E-state index is 12.3. The van der Waals surface area contributed by atoms with Crippen LogP contribution < -0.4 is 24.3 Å². The van der Waals surface area contributed by atoms with Gasteiger partial charge in [0.15, 0.2) is 23.0 Å². The average Bonchev–Trinajstić information content (AvgIpc) is 2.74. The molecule has 0 spiro atoms. The van der Waals surface area contributed by atoms with Crippen molar-refractivity contribution >= 4 is 5.91 Å². The third-order valence-electron chi connectivity index (χ3n) is 4.35. The molecular formula is C24H33NO5. The van der Waals surface area contributed by atoms with Gasteiger partial charge < -0.3 is 24.3 Å². The van der Waals surface area contributed by atoms with Crippen molar-refractivity contribution < 1.29 is 23.7 Å². The zero-order valence-electron chi connectivity index (χ0n) is 18.5. The molecule has 0 aliphatic rings. The quantitative estimate of drug-likeness (QED) is 0.521. The number of hydrogen-bond donors (Lipinski definition) is 1. The summed E-state index contributed by atoms with van der Waals surface area (Å²) in [5.74, 6) is 2.86. The normalized spacial score (nSPS) is 10.4. The molecule has 164 valence electrons. The van der Waals surface area contributed by atoms with Crippen molar-refractivity contribution in [1.82, 2.24) is 5.32 Å². The topological polar surface area (TPSA) is 66.0 Å². The monoisotopic (exact) mass is 415 g/mol. The van der Waals surface area contributed by atoms with Gasteiger partial charge >= 0.3 is 0 Å². The summed E-state index contributed by atoms with van der Waals surface area (Å²) in [5.41, 5.74) is 2.01. The minimum absolute atomic E-state index is 0.00584. The summed E-state index contributed by atoms with van der Waals surface area (Å²) in [6.07, 6.45) is 1.03. The van der Waals surface area contributed by atoms with Crippen LogP contribution in [-0.4, -0.2) is 32.3 Å². The molecule has 0 fully saturated rings. The first-order valence-corrected chi connectivity index (χ1v) is 10.6. The second kappa shape index (κ2) is 12.6. The number of aryl methyl sites for hydroxylation is 1. The second-order valence-corrected chi connectivity index (χ2v) is 6.57. The van der Waals surface area contributed by atoms with Crippen molar-refractivity contribution in [3.63, 3.8) is 0 Å². The van der Waals surface area contributed by atoms with E-state index in [0.29, 0.717) is 51.6 Å². The highest BCUT2D eigenvalue weighted by molar-refractivity contribution is 5.76. The third-order valence-corrected chi connectivity index (χ3v) is 4.35. The first-order valence-electron chi connectivity index (χ1n) is 10.6. The Kier molecular flexibility index (Phi) is 9.84. The Morgan fingerprint density at radius 3 is 1.70 bits per heavy atom. The lowest BCUT2D eigenvalue weighted by molar-refractivity contribution is -0.121. The van der Waals surface area contributed by atoms with Crippen LogP contribution in [-0.2, 0) is 17.8 Å². The summed E-state index contributed by atoms with van der Waals surface area (Å²) in [5, 5.41) is 2.97. The van der Waals surface area contributed by atoms with E-state index in [9.17, 15) is 4.79 Å². The van der Waals surface area contributed by atoms with E-state index >= 15 is 0 Å². The van der Waals surface area contributed by atoms with Gasteiger partial charge in [-0.25, -0.2) is 0 Å². The van der Waals surface area contributed by atoms with Gasteiger partial charge in [-0.05, 0) is 69.5 Å². The molecule has 2 aromatic rings. The number of amides is 1. The second-order valence-electron chi connectivity index (χ2n) is 6.57. The predicted molar refractivity (Wildman–Crippen MR) is 118 cm³/mol. The van der Waals surface area contributed by atoms with Gasteiger partial charge in [0.05, 0.1) is 26.4 Å². The van der Waals surface area contributed by atoms with Crippen molar-refractivity contribution in [3.8, 4) is 23.0 Å². The number of carbonyl (C=O) groups excluding carboxylic acids is 1. The van der Waals surface area contributed by atoms with Gasteiger partial charge in [0.2, 0.25) is 5.91 Å². The minimum atomic E-state index is -0.00584. The number of nitrogens with one attached hydrogen (secondary N) is 1. The molecule has 2 rings (SSSR count). The highest BCUT2D eigenvalue weighted by Crippen LogP contribution is 2.29. The summed E-state index contributed by atoms with van der Waals surface area (Å²) in [4.78, 5) is 12.3. The van der Waals surface area contributed by atoms with Gasteiger partial charge in [-0.3, -0.25) is 4.79 Å². The number of rotatable bonds is 13. The summed E-state index contributed by atoms with van der Waals surface area (Å²) in [6.45, 7) is 10.5. The molecular weight excluding hydrogens is 382 g/mol. The smallest absolute Gasteiger partial charge is 0.220 e. The van der Waals surface area contributed by atoms with E-state index in [0.717, 1.165) is 28.4 Å². The number of hydrogen-bond acceptors (Lipinski definition) is 5. The van der Waals surface area contributed by atoms with Crippen molar-refractivity contribution in [2.24, 2.45) is 0 Å². The van der Waals surface area contributed by atoms with Crippen LogP contribution in [0.5, 0.6) is 23.0 Å². The van der Waals surface area contributed by atoms with Gasteiger partial charge in [0.1, 0.15) is 0 Å². The molecule has 6 nitrogen and oxygen atoms in total. The minimum Gasteiger partial charge on any atom is -0.490 e. The van der Waals surface area contributed by atoms with Crippen LogP contribution in [0.15, 0.2) is 36.4 Å². The molecule has 0 saturated carbocycles. The Hall–Kier alpha value is -2.89. The lowest BCUT2D eigenvalue weighted by Gasteiger charge is -2.13. The molecule has 0 unspecified atom stereocenters. The van der Waals surface area contributed by atoms with Gasteiger partial charge in [-0.1, -0.05) is 12.1 Å². The van der Waals surface area contributed by atoms with Gasteiger partial charge in [0.25, 0.3) is 0 Å². The molecule has 0 aliphatic heterocycles. The largest absolute Gasteiger partial charge is 0.490 e. The van der Waals surface area contributed by atoms with Crippen LogP contribution >= 0.6 is 0 Å². The van der Waals surface area contributed by atoms with E-state index in [1.807, 2.05) is 64.1 Å². The van der Waals surface area contributed by atoms with Crippen molar-refractivity contribution in [2.75, 3.05) is 26.4 Å². The summed E-state index contributed by atoms with van der Waals surface area (Å²) < 4.78 is 22.5. The lowest BCUT2D eigenvalue weighted by atomic mass is 10.1. The molecule has 0 bridgehead atoms. The van der Waals surface area contributed by atoms with Crippen LogP contribution in [0.2, 0.25) is 0 Å². The molecule has 0 saturated heterocycles. The van der Waals surface area contributed by atoms with Crippen molar-refractivity contribution in [2.45, 2.75) is 47.1 Å². The van der Waals surface area contributed by atoms with Gasteiger partial charge in [-0.2, -0.15) is 0 Å². The Balaban J connectivity index is 1.90. The van der Waals surface area contributed by atoms with Crippen LogP contribution in [0.3, 0.4) is 0 Å². The SMILES string of the molecule is CCOc1ccc(CCC(=O)NCc2ccc(OCC)c(OCC)c2)cc1OCC. The number of ether oxygens (including phenoxy) is 4. The Morgan fingerprint density at radius 2 is 1.17 bits per heavy atom. The van der Waals surface area contributed by atoms with Crippen LogP contribution in [0.25, 0.3) is 0 Å². The third kappa shape index (κ3) is 7.17. The number of carbonyl (C=O) groups is 1. The highest BCUT2D eigenvalue weighted by atomic mass is 16.5. The lowest BCUT2D eigenvalue weighted by Crippen LogP contribution is -2.23. The predicted octanol–water partition coefficient (Wildman–Crippen LogP) is 4.53. The summed E-state index contributed by atoms with van der Waals surface area (Å²) in [6, 6.07) is 11.6. The molecule has 1 amide bonds. The van der Waals surface area contributed by atoms with E-state index in [2.05, 4.69) is 5.32 Å². The van der Waals surface area contributed by atoms with Crippen LogP contribution in [0.1, 0.15) is 45.2 Å². The fourth-order valence-corrected chi connectivity index (χ4v) is 3.00. The standard InChI is InChI=1S/C24H33NO5/c1-5-27-20-12-9-18(15-22(20)29-7-3)11-14-24(26)25-17-19-10-13-21(28-6-2)23(16-19)30-8-4/h9-10,12-13,15-16H,5-8,11,14,17H2,1-4H3,(H,25,26). The molecule has 0 aromatic heterocycles. The summed E-state index contributed by atoms with van der Waals surface area (Å²) >= 11 is 0. The maximum absolute atomic E-state index is 12.3. The van der Waals surface area contributed by atoms with Crippen LogP contribution in [0.4, 0.5) is 0 Å². The van der Waals surface area contributed by atoms with E-state index in [4.69, 9.17) is 18.9 Å². The molecule has 0 heterocycles. The average molecular weight is 416 g/mol. The van der Waals surface area contributed by atoms with E-state index in [-0.39, 0.29) is 5.91 Å². The molecule has 6 heteroatoms. The molecule has 30 heavy (non-hydrogen) atoms. The highest BCUT2D eigenvalue weighted by Gasteiger charge is 2.10. The van der Waals surface area contributed by atoms with Crippen molar-refractivity contribution in [1.29, 1.82) is 0 Å².